The topological polar surface area (TPSA) is 26.7 Å². The fourth-order valence-electron chi connectivity index (χ4n) is 2.34. The van der Waals surface area contributed by atoms with E-state index < -0.39 is 0 Å². The highest BCUT2D eigenvalue weighted by Crippen LogP contribution is 2.22. The van der Waals surface area contributed by atoms with E-state index in [0.717, 1.165) is 32.5 Å². The van der Waals surface area contributed by atoms with Gasteiger partial charge in [0.05, 0.1) is 6.10 Å². The molecule has 1 saturated heterocycles. The Morgan fingerprint density at radius 1 is 1.27 bits per heavy atom. The minimum absolute atomic E-state index is 0.144. The monoisotopic (exact) mass is 214 g/mol. The molecule has 15 heavy (non-hydrogen) atoms. The van der Waals surface area contributed by atoms with Gasteiger partial charge >= 0.3 is 0 Å². The lowest BCUT2D eigenvalue weighted by Crippen LogP contribution is -2.43. The van der Waals surface area contributed by atoms with Gasteiger partial charge in [0.25, 0.3) is 0 Å². The van der Waals surface area contributed by atoms with E-state index in [1.165, 1.54) is 0 Å². The van der Waals surface area contributed by atoms with E-state index in [1.807, 2.05) is 14.1 Å². The van der Waals surface area contributed by atoms with E-state index in [-0.39, 0.29) is 6.10 Å². The van der Waals surface area contributed by atoms with Gasteiger partial charge in [-0.1, -0.05) is 0 Å². The van der Waals surface area contributed by atoms with Gasteiger partial charge in [-0.05, 0) is 59.8 Å². The lowest BCUT2D eigenvalue weighted by Gasteiger charge is -2.37. The Morgan fingerprint density at radius 3 is 2.20 bits per heavy atom. The third kappa shape index (κ3) is 4.09. The van der Waals surface area contributed by atoms with Gasteiger partial charge < -0.3 is 14.9 Å². The molecule has 1 atom stereocenters. The van der Waals surface area contributed by atoms with Crippen LogP contribution in [0.1, 0.15) is 26.7 Å². The zero-order valence-electron chi connectivity index (χ0n) is 10.6. The van der Waals surface area contributed by atoms with E-state index >= 15 is 0 Å². The minimum Gasteiger partial charge on any atom is -0.392 e. The second-order valence-corrected chi connectivity index (χ2v) is 5.30. The third-order valence-electron chi connectivity index (χ3n) is 3.40. The lowest BCUT2D eigenvalue weighted by atomic mass is 9.90. The van der Waals surface area contributed by atoms with Crippen LogP contribution in [0.15, 0.2) is 0 Å². The Bertz CT molecular complexity index is 174. The highest BCUT2D eigenvalue weighted by atomic mass is 16.3. The van der Waals surface area contributed by atoms with E-state index in [4.69, 9.17) is 0 Å². The quantitative estimate of drug-likeness (QED) is 0.757. The van der Waals surface area contributed by atoms with Crippen LogP contribution in [0.4, 0.5) is 0 Å². The van der Waals surface area contributed by atoms with Crippen molar-refractivity contribution in [2.45, 2.75) is 38.8 Å². The highest BCUT2D eigenvalue weighted by molar-refractivity contribution is 4.79. The standard InChI is InChI=1S/C12H26N2O/c1-10(2)14-7-5-11(6-8-14)12(15)9-13(3)4/h10-12,15H,5-9H2,1-4H3. The molecule has 0 amide bonds. The molecule has 1 heterocycles. The summed E-state index contributed by atoms with van der Waals surface area (Å²) >= 11 is 0. The van der Waals surface area contributed by atoms with Crippen LogP contribution in [0.2, 0.25) is 0 Å². The van der Waals surface area contributed by atoms with Crippen molar-refractivity contribution in [2.24, 2.45) is 5.92 Å². The van der Waals surface area contributed by atoms with Crippen LogP contribution in [-0.2, 0) is 0 Å². The first-order valence-electron chi connectivity index (χ1n) is 6.07. The number of hydrogen-bond acceptors (Lipinski definition) is 3. The summed E-state index contributed by atoms with van der Waals surface area (Å²) in [6.07, 6.45) is 2.15. The Kier molecular flexibility index (Phi) is 5.03. The van der Waals surface area contributed by atoms with Crippen molar-refractivity contribution in [1.82, 2.24) is 9.80 Å². The number of likely N-dealkylation sites (tertiary alicyclic amines) is 1. The molecule has 0 radical (unpaired) electrons. The van der Waals surface area contributed by atoms with Gasteiger partial charge in [0, 0.05) is 12.6 Å². The van der Waals surface area contributed by atoms with Crippen molar-refractivity contribution >= 4 is 0 Å². The highest BCUT2D eigenvalue weighted by Gasteiger charge is 2.26. The summed E-state index contributed by atoms with van der Waals surface area (Å²) in [5.74, 6) is 0.502. The maximum atomic E-state index is 10.0. The maximum Gasteiger partial charge on any atom is 0.0695 e. The normalized spacial score (nSPS) is 22.6. The smallest absolute Gasteiger partial charge is 0.0695 e. The van der Waals surface area contributed by atoms with Gasteiger partial charge in [-0.25, -0.2) is 0 Å². The van der Waals surface area contributed by atoms with Crippen LogP contribution in [0.25, 0.3) is 0 Å². The molecule has 0 aliphatic carbocycles. The first-order chi connectivity index (χ1) is 7.00. The van der Waals surface area contributed by atoms with Gasteiger partial charge in [0.15, 0.2) is 0 Å². The summed E-state index contributed by atoms with van der Waals surface area (Å²) in [5.41, 5.74) is 0. The van der Waals surface area contributed by atoms with Crippen LogP contribution >= 0.6 is 0 Å². The number of nitrogens with zero attached hydrogens (tertiary/aromatic N) is 2. The van der Waals surface area contributed by atoms with E-state index in [1.54, 1.807) is 0 Å². The van der Waals surface area contributed by atoms with Crippen LogP contribution in [0.5, 0.6) is 0 Å². The number of hydrogen-bond donors (Lipinski definition) is 1. The predicted molar refractivity (Wildman–Crippen MR) is 64.0 cm³/mol. The molecule has 1 fully saturated rings. The summed E-state index contributed by atoms with van der Waals surface area (Å²) in [7, 11) is 4.04. The Balaban J connectivity index is 2.30. The van der Waals surface area contributed by atoms with Crippen LogP contribution in [-0.4, -0.2) is 60.8 Å². The molecule has 1 aliphatic rings. The molecule has 0 aromatic heterocycles. The summed E-state index contributed by atoms with van der Waals surface area (Å²) in [5, 5.41) is 10.0. The Labute approximate surface area is 94.1 Å². The molecular formula is C12H26N2O. The van der Waals surface area contributed by atoms with Crippen LogP contribution in [0, 0.1) is 5.92 Å². The van der Waals surface area contributed by atoms with Crippen molar-refractivity contribution in [1.29, 1.82) is 0 Å². The average Bonchev–Trinajstić information content (AvgIpc) is 2.17. The average molecular weight is 214 g/mol. The van der Waals surface area contributed by atoms with Crippen molar-refractivity contribution in [3.8, 4) is 0 Å². The molecule has 0 aromatic rings. The molecule has 3 heteroatoms. The largest absolute Gasteiger partial charge is 0.392 e. The maximum absolute atomic E-state index is 10.0. The predicted octanol–water partition coefficient (Wildman–Crippen LogP) is 1.03. The fourth-order valence-corrected chi connectivity index (χ4v) is 2.34. The van der Waals surface area contributed by atoms with E-state index in [0.29, 0.717) is 12.0 Å². The molecule has 0 spiro atoms. The van der Waals surface area contributed by atoms with Crippen LogP contribution < -0.4 is 0 Å². The number of likely N-dealkylation sites (N-methyl/N-ethyl adjacent to an activating group) is 1. The summed E-state index contributed by atoms with van der Waals surface area (Å²) in [6.45, 7) is 7.58. The SMILES string of the molecule is CC(C)N1CCC(C(O)CN(C)C)CC1. The first-order valence-corrected chi connectivity index (χ1v) is 6.07. The molecule has 0 aromatic carbocycles. The summed E-state index contributed by atoms with van der Waals surface area (Å²) < 4.78 is 0. The molecule has 90 valence electrons. The number of rotatable bonds is 4. The van der Waals surface area contributed by atoms with Gasteiger partial charge in [-0.3, -0.25) is 0 Å². The first kappa shape index (κ1) is 12.9. The van der Waals surface area contributed by atoms with E-state index in [9.17, 15) is 5.11 Å². The molecule has 1 rings (SSSR count). The van der Waals surface area contributed by atoms with Gasteiger partial charge in [0.1, 0.15) is 0 Å². The molecular weight excluding hydrogens is 188 g/mol. The minimum atomic E-state index is -0.144. The molecule has 0 bridgehead atoms. The van der Waals surface area contributed by atoms with Crippen LogP contribution in [0.3, 0.4) is 0 Å². The Hall–Kier alpha value is -0.120. The molecule has 3 nitrogen and oxygen atoms in total. The number of aliphatic hydroxyl groups is 1. The van der Waals surface area contributed by atoms with Crippen molar-refractivity contribution in [3.05, 3.63) is 0 Å². The van der Waals surface area contributed by atoms with Gasteiger partial charge in [-0.15, -0.1) is 0 Å². The Morgan fingerprint density at radius 2 is 1.80 bits per heavy atom. The van der Waals surface area contributed by atoms with Crippen molar-refractivity contribution < 1.29 is 5.11 Å². The zero-order chi connectivity index (χ0) is 11.4. The zero-order valence-corrected chi connectivity index (χ0v) is 10.6. The number of piperidine rings is 1. The molecule has 1 unspecified atom stereocenters. The second-order valence-electron chi connectivity index (χ2n) is 5.30. The molecule has 1 aliphatic heterocycles. The lowest BCUT2D eigenvalue weighted by molar-refractivity contribution is 0.0351. The fraction of sp³-hybridized carbons (Fsp3) is 1.00. The van der Waals surface area contributed by atoms with Gasteiger partial charge in [-0.2, -0.15) is 0 Å². The third-order valence-corrected chi connectivity index (χ3v) is 3.40. The summed E-state index contributed by atoms with van der Waals surface area (Å²) in [4.78, 5) is 4.57. The molecule has 0 saturated carbocycles. The van der Waals surface area contributed by atoms with Gasteiger partial charge in [0.2, 0.25) is 0 Å². The van der Waals surface area contributed by atoms with Crippen molar-refractivity contribution in [2.75, 3.05) is 33.7 Å². The van der Waals surface area contributed by atoms with E-state index in [2.05, 4.69) is 23.6 Å². The second kappa shape index (κ2) is 5.83. The number of aliphatic hydroxyl groups excluding tert-OH is 1. The summed E-state index contributed by atoms with van der Waals surface area (Å²) in [6, 6.07) is 0.650. The molecule has 1 N–H and O–H groups in total. The van der Waals surface area contributed by atoms with Crippen molar-refractivity contribution in [3.63, 3.8) is 0 Å².